The highest BCUT2D eigenvalue weighted by molar-refractivity contribution is 5.79. The number of hydrogen-bond donors (Lipinski definition) is 2. The van der Waals surface area contributed by atoms with Gasteiger partial charge in [-0.05, 0) is 38.3 Å². The molecule has 1 saturated carbocycles. The van der Waals surface area contributed by atoms with Crippen molar-refractivity contribution >= 4 is 11.9 Å². The first-order valence-electron chi connectivity index (χ1n) is 8.70. The quantitative estimate of drug-likeness (QED) is 0.766. The number of benzene rings is 1. The Morgan fingerprint density at radius 2 is 1.92 bits per heavy atom. The van der Waals surface area contributed by atoms with Gasteiger partial charge in [-0.25, -0.2) is 0 Å². The molecule has 0 saturated heterocycles. The maximum absolute atomic E-state index is 12.3. The van der Waals surface area contributed by atoms with Gasteiger partial charge in [0.15, 0.2) is 0 Å². The molecule has 1 amide bonds. The Hall–Kier alpha value is -1.88. The van der Waals surface area contributed by atoms with Crippen LogP contribution in [0.15, 0.2) is 24.3 Å². The van der Waals surface area contributed by atoms with Crippen LogP contribution in [0, 0.1) is 12.8 Å². The monoisotopic (exact) mass is 332 g/mol. The number of amides is 1. The summed E-state index contributed by atoms with van der Waals surface area (Å²) < 4.78 is 0. The van der Waals surface area contributed by atoms with E-state index >= 15 is 0 Å². The maximum Gasteiger partial charge on any atom is 0.317 e. The number of carboxylic acid groups (broad SMARTS) is 1. The van der Waals surface area contributed by atoms with E-state index in [0.29, 0.717) is 0 Å². The van der Waals surface area contributed by atoms with E-state index in [1.807, 2.05) is 18.7 Å². The lowest BCUT2D eigenvalue weighted by Gasteiger charge is -2.42. The molecular formula is C19H28N2O3. The van der Waals surface area contributed by atoms with Crippen LogP contribution in [-0.2, 0) is 16.0 Å². The molecule has 0 heterocycles. The summed E-state index contributed by atoms with van der Waals surface area (Å²) in [5.74, 6) is -0.774. The van der Waals surface area contributed by atoms with Gasteiger partial charge in [0.1, 0.15) is 0 Å². The van der Waals surface area contributed by atoms with E-state index < -0.39 is 5.97 Å². The predicted molar refractivity (Wildman–Crippen MR) is 93.9 cm³/mol. The summed E-state index contributed by atoms with van der Waals surface area (Å²) in [5.41, 5.74) is 2.39. The standard InChI is InChI=1S/C19H28N2O3/c1-4-21(12-18(22)23)17-10-16(11-17)20-19(24)14(3)9-15-7-5-13(2)6-8-15/h5-8,14,16-17H,4,9-12H2,1-3H3,(H,20,24)(H,22,23). The van der Waals surface area contributed by atoms with Gasteiger partial charge in [0, 0.05) is 18.0 Å². The Balaban J connectivity index is 1.75. The summed E-state index contributed by atoms with van der Waals surface area (Å²) >= 11 is 0. The summed E-state index contributed by atoms with van der Waals surface area (Å²) in [6.45, 7) is 6.77. The number of hydrogen-bond acceptors (Lipinski definition) is 3. The summed E-state index contributed by atoms with van der Waals surface area (Å²) in [6.07, 6.45) is 2.41. The molecule has 0 aromatic heterocycles. The van der Waals surface area contributed by atoms with Gasteiger partial charge in [-0.3, -0.25) is 14.5 Å². The predicted octanol–water partition coefficient (Wildman–Crippen LogP) is 2.23. The third-order valence-electron chi connectivity index (χ3n) is 4.83. The van der Waals surface area contributed by atoms with Gasteiger partial charge in [-0.2, -0.15) is 0 Å². The number of carbonyl (C=O) groups excluding carboxylic acids is 1. The van der Waals surface area contributed by atoms with E-state index in [4.69, 9.17) is 5.11 Å². The topological polar surface area (TPSA) is 69.6 Å². The Kier molecular flexibility index (Phi) is 6.37. The third-order valence-corrected chi connectivity index (χ3v) is 4.83. The second-order valence-corrected chi connectivity index (χ2v) is 6.88. The normalized spacial score (nSPS) is 21.2. The molecule has 2 rings (SSSR count). The summed E-state index contributed by atoms with van der Waals surface area (Å²) in [7, 11) is 0. The highest BCUT2D eigenvalue weighted by atomic mass is 16.4. The van der Waals surface area contributed by atoms with Crippen LogP contribution in [0.2, 0.25) is 0 Å². The van der Waals surface area contributed by atoms with Crippen LogP contribution in [0.25, 0.3) is 0 Å². The average Bonchev–Trinajstić information content (AvgIpc) is 2.50. The first-order valence-corrected chi connectivity index (χ1v) is 8.70. The minimum Gasteiger partial charge on any atom is -0.480 e. The summed E-state index contributed by atoms with van der Waals surface area (Å²) in [4.78, 5) is 25.1. The molecule has 1 aliphatic carbocycles. The van der Waals surface area contributed by atoms with Gasteiger partial charge < -0.3 is 10.4 Å². The van der Waals surface area contributed by atoms with Crippen LogP contribution in [0.4, 0.5) is 0 Å². The van der Waals surface area contributed by atoms with Crippen LogP contribution in [0.3, 0.4) is 0 Å². The Bertz CT molecular complexity index is 564. The van der Waals surface area contributed by atoms with Gasteiger partial charge in [0.05, 0.1) is 6.54 Å². The molecule has 0 spiro atoms. The molecular weight excluding hydrogens is 304 g/mol. The van der Waals surface area contributed by atoms with Gasteiger partial charge in [-0.15, -0.1) is 0 Å². The number of rotatable bonds is 8. The van der Waals surface area contributed by atoms with Crippen molar-refractivity contribution < 1.29 is 14.7 Å². The SMILES string of the molecule is CCN(CC(=O)O)C1CC(NC(=O)C(C)Cc2ccc(C)cc2)C1. The second-order valence-electron chi connectivity index (χ2n) is 6.88. The van der Waals surface area contributed by atoms with E-state index in [0.717, 1.165) is 25.8 Å². The minimum atomic E-state index is -0.795. The number of nitrogens with zero attached hydrogens (tertiary/aromatic N) is 1. The molecule has 1 atom stereocenters. The van der Waals surface area contributed by atoms with Crippen LogP contribution in [0.1, 0.15) is 37.8 Å². The zero-order valence-corrected chi connectivity index (χ0v) is 14.8. The lowest BCUT2D eigenvalue weighted by molar-refractivity contribution is -0.140. The lowest BCUT2D eigenvalue weighted by Crippen LogP contribution is -2.55. The number of nitrogens with one attached hydrogen (secondary N) is 1. The van der Waals surface area contributed by atoms with Crippen molar-refractivity contribution in [3.8, 4) is 0 Å². The Morgan fingerprint density at radius 1 is 1.29 bits per heavy atom. The lowest BCUT2D eigenvalue weighted by atomic mass is 9.84. The van der Waals surface area contributed by atoms with Crippen LogP contribution >= 0.6 is 0 Å². The molecule has 0 bridgehead atoms. The molecule has 1 fully saturated rings. The van der Waals surface area contributed by atoms with Crippen molar-refractivity contribution in [3.63, 3.8) is 0 Å². The molecule has 5 heteroatoms. The number of aliphatic carboxylic acids is 1. The highest BCUT2D eigenvalue weighted by Crippen LogP contribution is 2.26. The van der Waals surface area contributed by atoms with Crippen molar-refractivity contribution in [1.82, 2.24) is 10.2 Å². The molecule has 1 aliphatic rings. The smallest absolute Gasteiger partial charge is 0.317 e. The molecule has 5 nitrogen and oxygen atoms in total. The van der Waals surface area contributed by atoms with E-state index in [9.17, 15) is 9.59 Å². The van der Waals surface area contributed by atoms with E-state index in [1.54, 1.807) is 0 Å². The number of carboxylic acids is 1. The van der Waals surface area contributed by atoms with Gasteiger partial charge >= 0.3 is 5.97 Å². The molecule has 1 aromatic rings. The van der Waals surface area contributed by atoms with Crippen molar-refractivity contribution in [2.24, 2.45) is 5.92 Å². The fourth-order valence-electron chi connectivity index (χ4n) is 3.19. The van der Waals surface area contributed by atoms with Crippen LogP contribution in [0.5, 0.6) is 0 Å². The van der Waals surface area contributed by atoms with Crippen molar-refractivity contribution in [2.75, 3.05) is 13.1 Å². The van der Waals surface area contributed by atoms with Gasteiger partial charge in [0.2, 0.25) is 5.91 Å². The third kappa shape index (κ3) is 5.06. The number of likely N-dealkylation sites (N-methyl/N-ethyl adjacent to an activating group) is 1. The highest BCUT2D eigenvalue weighted by Gasteiger charge is 2.35. The fraction of sp³-hybridized carbons (Fsp3) is 0.579. The van der Waals surface area contributed by atoms with Crippen molar-refractivity contribution in [3.05, 3.63) is 35.4 Å². The van der Waals surface area contributed by atoms with E-state index in [1.165, 1.54) is 11.1 Å². The summed E-state index contributed by atoms with van der Waals surface area (Å²) in [6, 6.07) is 8.72. The molecule has 2 N–H and O–H groups in total. The molecule has 0 aliphatic heterocycles. The maximum atomic E-state index is 12.3. The van der Waals surface area contributed by atoms with Crippen LogP contribution < -0.4 is 5.32 Å². The van der Waals surface area contributed by atoms with E-state index in [-0.39, 0.29) is 30.5 Å². The number of carbonyl (C=O) groups is 2. The first kappa shape index (κ1) is 18.5. The Morgan fingerprint density at radius 3 is 2.46 bits per heavy atom. The second kappa shape index (κ2) is 8.29. The minimum absolute atomic E-state index is 0.0620. The van der Waals surface area contributed by atoms with Crippen molar-refractivity contribution in [2.45, 2.75) is 52.1 Å². The largest absolute Gasteiger partial charge is 0.480 e. The molecule has 132 valence electrons. The average molecular weight is 332 g/mol. The molecule has 1 aromatic carbocycles. The zero-order chi connectivity index (χ0) is 17.7. The molecule has 24 heavy (non-hydrogen) atoms. The number of aryl methyl sites for hydroxylation is 1. The van der Waals surface area contributed by atoms with Gasteiger partial charge in [0.25, 0.3) is 0 Å². The van der Waals surface area contributed by atoms with Crippen molar-refractivity contribution in [1.29, 1.82) is 0 Å². The van der Waals surface area contributed by atoms with Gasteiger partial charge in [-0.1, -0.05) is 43.7 Å². The molecule has 1 unspecified atom stereocenters. The first-order chi connectivity index (χ1) is 11.4. The zero-order valence-electron chi connectivity index (χ0n) is 14.8. The fourth-order valence-corrected chi connectivity index (χ4v) is 3.19. The summed E-state index contributed by atoms with van der Waals surface area (Å²) in [5, 5.41) is 12.0. The van der Waals surface area contributed by atoms with Crippen LogP contribution in [-0.4, -0.2) is 47.1 Å². The molecule has 0 radical (unpaired) electrons. The Labute approximate surface area is 144 Å². The van der Waals surface area contributed by atoms with E-state index in [2.05, 4.69) is 36.5 Å².